The fraction of sp³-hybridized carbons (Fsp3) is 0.400. The molecule has 1 aliphatic rings. The largest absolute Gasteiger partial charge is 0.481 e. The first-order valence-corrected chi connectivity index (χ1v) is 4.31. The lowest BCUT2D eigenvalue weighted by Gasteiger charge is -2.06. The molecule has 0 aromatic rings. The maximum Gasteiger partial charge on any atom is 0.303 e. The highest BCUT2D eigenvalue weighted by atomic mass is 16.4. The molecular formula is C10H12O3. The summed E-state index contributed by atoms with van der Waals surface area (Å²) in [6.07, 6.45) is 7.14. The number of hydrogen-bond acceptors (Lipinski definition) is 2. The molecule has 0 saturated carbocycles. The van der Waals surface area contributed by atoms with E-state index in [-0.39, 0.29) is 12.2 Å². The van der Waals surface area contributed by atoms with Crippen LogP contribution >= 0.6 is 0 Å². The molecule has 0 fully saturated rings. The van der Waals surface area contributed by atoms with Crippen LogP contribution in [0.15, 0.2) is 23.8 Å². The summed E-state index contributed by atoms with van der Waals surface area (Å²) < 4.78 is 0. The summed E-state index contributed by atoms with van der Waals surface area (Å²) in [5.41, 5.74) is 0.753. The van der Waals surface area contributed by atoms with Gasteiger partial charge in [0.2, 0.25) is 0 Å². The Morgan fingerprint density at radius 3 is 2.92 bits per heavy atom. The Balaban J connectivity index is 2.35. The Bertz CT molecular complexity index is 274. The third kappa shape index (κ3) is 3.23. The number of Topliss-reactive ketones (excluding diaryl/α,β-unsaturated/α-hetero) is 1. The molecule has 0 aromatic heterocycles. The first-order valence-electron chi connectivity index (χ1n) is 4.31. The van der Waals surface area contributed by atoms with Crippen molar-refractivity contribution in [3.8, 4) is 0 Å². The number of ketones is 1. The molecule has 0 aliphatic heterocycles. The quantitative estimate of drug-likeness (QED) is 0.716. The number of carbonyl (C=O) groups is 2. The number of aliphatic carboxylic acids is 1. The van der Waals surface area contributed by atoms with Crippen LogP contribution in [0.1, 0.15) is 25.7 Å². The van der Waals surface area contributed by atoms with E-state index in [1.54, 1.807) is 6.08 Å². The molecule has 0 spiro atoms. The van der Waals surface area contributed by atoms with E-state index in [9.17, 15) is 9.59 Å². The van der Waals surface area contributed by atoms with Gasteiger partial charge in [-0.15, -0.1) is 0 Å². The van der Waals surface area contributed by atoms with Crippen LogP contribution in [0.2, 0.25) is 0 Å². The summed E-state index contributed by atoms with van der Waals surface area (Å²) in [5.74, 6) is -0.688. The van der Waals surface area contributed by atoms with Crippen LogP contribution in [-0.2, 0) is 9.59 Å². The molecule has 0 atom stereocenters. The number of rotatable bonds is 4. The van der Waals surface area contributed by atoms with Gasteiger partial charge in [-0.05, 0) is 18.4 Å². The molecular weight excluding hydrogens is 168 g/mol. The van der Waals surface area contributed by atoms with Gasteiger partial charge in [0.05, 0.1) is 0 Å². The molecule has 0 amide bonds. The molecule has 1 rings (SSSR count). The first-order chi connectivity index (χ1) is 6.20. The second-order valence-corrected chi connectivity index (χ2v) is 2.99. The molecule has 1 aliphatic carbocycles. The third-order valence-electron chi connectivity index (χ3n) is 1.93. The van der Waals surface area contributed by atoms with Gasteiger partial charge >= 0.3 is 5.97 Å². The predicted octanol–water partition coefficient (Wildman–Crippen LogP) is 1.70. The van der Waals surface area contributed by atoms with Crippen LogP contribution in [0.5, 0.6) is 0 Å². The number of carbonyl (C=O) groups excluding carboxylic acids is 1. The zero-order chi connectivity index (χ0) is 9.68. The van der Waals surface area contributed by atoms with Gasteiger partial charge in [-0.3, -0.25) is 9.59 Å². The van der Waals surface area contributed by atoms with Gasteiger partial charge in [0.15, 0.2) is 5.78 Å². The molecule has 13 heavy (non-hydrogen) atoms. The Kier molecular flexibility index (Phi) is 3.43. The number of allylic oxidation sites excluding steroid dienone is 4. The third-order valence-corrected chi connectivity index (χ3v) is 1.93. The summed E-state index contributed by atoms with van der Waals surface area (Å²) in [6, 6.07) is 0. The lowest BCUT2D eigenvalue weighted by atomic mass is 9.98. The van der Waals surface area contributed by atoms with Crippen molar-refractivity contribution >= 4 is 11.8 Å². The Hall–Kier alpha value is -1.38. The minimum Gasteiger partial charge on any atom is -0.481 e. The van der Waals surface area contributed by atoms with E-state index in [1.807, 2.05) is 12.2 Å². The zero-order valence-electron chi connectivity index (χ0n) is 7.32. The van der Waals surface area contributed by atoms with Gasteiger partial charge in [-0.2, -0.15) is 0 Å². The van der Waals surface area contributed by atoms with E-state index < -0.39 is 5.97 Å². The highest BCUT2D eigenvalue weighted by Gasteiger charge is 2.10. The zero-order valence-corrected chi connectivity index (χ0v) is 7.32. The fourth-order valence-corrected chi connectivity index (χ4v) is 1.24. The average molecular weight is 180 g/mol. The van der Waals surface area contributed by atoms with Crippen LogP contribution in [0, 0.1) is 0 Å². The molecule has 0 saturated heterocycles. The summed E-state index contributed by atoms with van der Waals surface area (Å²) >= 11 is 0. The Morgan fingerprint density at radius 2 is 2.31 bits per heavy atom. The van der Waals surface area contributed by atoms with Crippen LogP contribution < -0.4 is 0 Å². The van der Waals surface area contributed by atoms with E-state index in [1.165, 1.54) is 0 Å². The van der Waals surface area contributed by atoms with Crippen molar-refractivity contribution < 1.29 is 14.7 Å². The lowest BCUT2D eigenvalue weighted by Crippen LogP contribution is -2.04. The van der Waals surface area contributed by atoms with E-state index in [0.717, 1.165) is 5.57 Å². The fourth-order valence-electron chi connectivity index (χ4n) is 1.24. The van der Waals surface area contributed by atoms with Gasteiger partial charge in [-0.25, -0.2) is 0 Å². The van der Waals surface area contributed by atoms with Crippen LogP contribution in [0.25, 0.3) is 0 Å². The summed E-state index contributed by atoms with van der Waals surface area (Å²) in [7, 11) is 0. The predicted molar refractivity (Wildman–Crippen MR) is 48.3 cm³/mol. The van der Waals surface area contributed by atoms with Crippen molar-refractivity contribution in [3.05, 3.63) is 23.8 Å². The highest BCUT2D eigenvalue weighted by molar-refractivity contribution is 5.97. The number of carboxylic acids is 1. The van der Waals surface area contributed by atoms with Gasteiger partial charge < -0.3 is 5.11 Å². The molecule has 0 radical (unpaired) electrons. The Labute approximate surface area is 76.8 Å². The minimum absolute atomic E-state index is 0.118. The van der Waals surface area contributed by atoms with E-state index in [2.05, 4.69) is 0 Å². The summed E-state index contributed by atoms with van der Waals surface area (Å²) in [6.45, 7) is 0. The smallest absolute Gasteiger partial charge is 0.303 e. The minimum atomic E-state index is -0.806. The Morgan fingerprint density at radius 1 is 1.54 bits per heavy atom. The van der Waals surface area contributed by atoms with Crippen molar-refractivity contribution in [2.45, 2.75) is 25.7 Å². The molecule has 3 heteroatoms. The van der Waals surface area contributed by atoms with Crippen molar-refractivity contribution in [2.24, 2.45) is 0 Å². The van der Waals surface area contributed by atoms with Crippen molar-refractivity contribution in [1.82, 2.24) is 0 Å². The van der Waals surface area contributed by atoms with Gasteiger partial charge in [-0.1, -0.05) is 18.2 Å². The maximum absolute atomic E-state index is 11.2. The molecule has 0 aromatic carbocycles. The summed E-state index contributed by atoms with van der Waals surface area (Å²) in [4.78, 5) is 21.4. The summed E-state index contributed by atoms with van der Waals surface area (Å²) in [5, 5.41) is 8.39. The van der Waals surface area contributed by atoms with Crippen molar-refractivity contribution in [3.63, 3.8) is 0 Å². The maximum atomic E-state index is 11.2. The number of carboxylic acid groups (broad SMARTS) is 1. The van der Waals surface area contributed by atoms with Crippen LogP contribution in [0.4, 0.5) is 0 Å². The molecule has 0 heterocycles. The van der Waals surface area contributed by atoms with Crippen LogP contribution in [0.3, 0.4) is 0 Å². The molecule has 0 unspecified atom stereocenters. The van der Waals surface area contributed by atoms with Crippen molar-refractivity contribution in [1.29, 1.82) is 0 Å². The SMILES string of the molecule is O=C(O)CCCC1=CC=CCC1=O. The van der Waals surface area contributed by atoms with Crippen molar-refractivity contribution in [2.75, 3.05) is 0 Å². The van der Waals surface area contributed by atoms with E-state index >= 15 is 0 Å². The van der Waals surface area contributed by atoms with Gasteiger partial charge in [0, 0.05) is 12.8 Å². The normalized spacial score (nSPS) is 15.7. The first kappa shape index (κ1) is 9.71. The topological polar surface area (TPSA) is 54.4 Å². The standard InChI is InChI=1S/C10H12O3/c11-9-6-2-1-4-8(9)5-3-7-10(12)13/h1-2,4H,3,5-7H2,(H,12,13). The second kappa shape index (κ2) is 4.60. The van der Waals surface area contributed by atoms with Gasteiger partial charge in [0.25, 0.3) is 0 Å². The molecule has 3 nitrogen and oxygen atoms in total. The number of hydrogen-bond donors (Lipinski definition) is 1. The van der Waals surface area contributed by atoms with E-state index in [0.29, 0.717) is 19.3 Å². The van der Waals surface area contributed by atoms with E-state index in [4.69, 9.17) is 5.11 Å². The highest BCUT2D eigenvalue weighted by Crippen LogP contribution is 2.14. The molecule has 0 bridgehead atoms. The molecule has 1 N–H and O–H groups in total. The average Bonchev–Trinajstić information content (AvgIpc) is 2.08. The van der Waals surface area contributed by atoms with Gasteiger partial charge in [0.1, 0.15) is 0 Å². The van der Waals surface area contributed by atoms with Crippen LogP contribution in [-0.4, -0.2) is 16.9 Å². The lowest BCUT2D eigenvalue weighted by molar-refractivity contribution is -0.137. The molecule has 70 valence electrons. The second-order valence-electron chi connectivity index (χ2n) is 2.99. The monoisotopic (exact) mass is 180 g/mol.